The van der Waals surface area contributed by atoms with Crippen LogP contribution in [0.3, 0.4) is 0 Å². The molecular formula is C15H22NO6PS. The van der Waals surface area contributed by atoms with Crippen molar-refractivity contribution in [3.63, 3.8) is 0 Å². The van der Waals surface area contributed by atoms with Gasteiger partial charge in [0.15, 0.2) is 0 Å². The van der Waals surface area contributed by atoms with Crippen LogP contribution in [-0.2, 0) is 30.4 Å². The van der Waals surface area contributed by atoms with Gasteiger partial charge in [-0.3, -0.25) is 18.6 Å². The lowest BCUT2D eigenvalue weighted by molar-refractivity contribution is -0.138. The van der Waals surface area contributed by atoms with Crippen molar-refractivity contribution < 1.29 is 28.3 Å². The molecule has 0 fully saturated rings. The first-order valence-corrected chi connectivity index (χ1v) is 10.1. The summed E-state index contributed by atoms with van der Waals surface area (Å²) in [5.41, 5.74) is 1.34. The minimum absolute atomic E-state index is 0.0808. The van der Waals surface area contributed by atoms with Gasteiger partial charge in [0.2, 0.25) is 5.91 Å². The second kappa shape index (κ2) is 9.74. The van der Waals surface area contributed by atoms with Crippen LogP contribution >= 0.6 is 6.72 Å². The highest BCUT2D eigenvalue weighted by Gasteiger charge is 2.21. The molecule has 1 aromatic rings. The molecule has 0 spiro atoms. The van der Waals surface area contributed by atoms with Gasteiger partial charge in [-0.1, -0.05) is 0 Å². The summed E-state index contributed by atoms with van der Waals surface area (Å²) in [5.74, 6) is -0.882. The average molecular weight is 375 g/mol. The van der Waals surface area contributed by atoms with Gasteiger partial charge in [-0.05, 0) is 44.5 Å². The fourth-order valence-electron chi connectivity index (χ4n) is 1.80. The maximum Gasteiger partial charge on any atom is 0.380 e. The number of hydrogen-bond acceptors (Lipinski definition) is 6. The van der Waals surface area contributed by atoms with Crippen molar-refractivity contribution in [1.82, 2.24) is 0 Å². The number of amides is 1. The summed E-state index contributed by atoms with van der Waals surface area (Å²) in [4.78, 5) is 22.2. The first kappa shape index (κ1) is 20.6. The summed E-state index contributed by atoms with van der Waals surface area (Å²) < 4.78 is 16.5. The van der Waals surface area contributed by atoms with Crippen LogP contribution in [0.25, 0.3) is 0 Å². The number of aryl methyl sites for hydroxylation is 1. The summed E-state index contributed by atoms with van der Waals surface area (Å²) in [6.07, 6.45) is -0.291. The molecule has 1 rings (SSSR count). The first-order valence-electron chi connectivity index (χ1n) is 7.50. The maximum absolute atomic E-state index is 11.7. The van der Waals surface area contributed by atoms with E-state index in [-0.39, 0.29) is 18.7 Å². The number of benzene rings is 1. The molecule has 134 valence electrons. The van der Waals surface area contributed by atoms with Gasteiger partial charge in [-0.25, -0.2) is 0 Å². The lowest BCUT2D eigenvalue weighted by Crippen LogP contribution is -2.14. The maximum atomic E-state index is 11.7. The Morgan fingerprint density at radius 2 is 1.83 bits per heavy atom. The van der Waals surface area contributed by atoms with E-state index in [1.54, 1.807) is 25.1 Å². The molecule has 9 heteroatoms. The predicted molar refractivity (Wildman–Crippen MR) is 94.8 cm³/mol. The molecule has 0 atom stereocenters. The van der Waals surface area contributed by atoms with E-state index in [2.05, 4.69) is 5.32 Å². The van der Waals surface area contributed by atoms with Crippen LogP contribution in [0.15, 0.2) is 18.2 Å². The van der Waals surface area contributed by atoms with Gasteiger partial charge in [0.05, 0.1) is 19.6 Å². The molecule has 0 aliphatic rings. The van der Waals surface area contributed by atoms with Crippen molar-refractivity contribution in [3.8, 4) is 5.75 Å². The monoisotopic (exact) mass is 375 g/mol. The zero-order chi connectivity index (χ0) is 18.2. The first-order chi connectivity index (χ1) is 11.3. The third-order valence-electron chi connectivity index (χ3n) is 2.83. The highest BCUT2D eigenvalue weighted by molar-refractivity contribution is 8.07. The van der Waals surface area contributed by atoms with Crippen molar-refractivity contribution in [2.75, 3.05) is 18.5 Å². The minimum Gasteiger partial charge on any atom is -0.481 e. The standard InChI is InChI=1S/C15H22NO6PS/c1-4-20-23(24,21-5-2)22-12-6-7-13(11(3)10-12)16-14(17)8-9-15(18)19/h6-7,10H,4-5,8-9H2,1-3H3,(H,16,17)(H,18,19). The van der Waals surface area contributed by atoms with Crippen molar-refractivity contribution in [2.45, 2.75) is 33.6 Å². The number of carbonyl (C=O) groups is 2. The fourth-order valence-corrected chi connectivity index (χ4v) is 3.88. The van der Waals surface area contributed by atoms with Crippen LogP contribution in [0.5, 0.6) is 5.75 Å². The SMILES string of the molecule is CCOP(=S)(OCC)Oc1ccc(NC(=O)CCC(=O)O)c(C)c1. The van der Waals surface area contributed by atoms with Crippen LogP contribution in [0.2, 0.25) is 0 Å². The van der Waals surface area contributed by atoms with Crippen molar-refractivity contribution in [2.24, 2.45) is 0 Å². The molecule has 0 bridgehead atoms. The highest BCUT2D eigenvalue weighted by Crippen LogP contribution is 2.49. The Kier molecular flexibility index (Phi) is 8.35. The Hall–Kier alpha value is -1.47. The second-order valence-electron chi connectivity index (χ2n) is 4.79. The van der Waals surface area contributed by atoms with Crippen molar-refractivity contribution in [3.05, 3.63) is 23.8 Å². The number of rotatable bonds is 10. The largest absolute Gasteiger partial charge is 0.481 e. The third kappa shape index (κ3) is 6.97. The Morgan fingerprint density at radius 3 is 2.33 bits per heavy atom. The van der Waals surface area contributed by atoms with Crippen LogP contribution in [-0.4, -0.2) is 30.2 Å². The fraction of sp³-hybridized carbons (Fsp3) is 0.467. The van der Waals surface area contributed by atoms with Gasteiger partial charge in [-0.2, -0.15) is 0 Å². The topological polar surface area (TPSA) is 94.1 Å². The molecule has 7 nitrogen and oxygen atoms in total. The van der Waals surface area contributed by atoms with Crippen LogP contribution in [0.1, 0.15) is 32.3 Å². The Bertz CT molecular complexity index is 626. The molecule has 0 saturated heterocycles. The van der Waals surface area contributed by atoms with E-state index in [9.17, 15) is 9.59 Å². The molecule has 0 saturated carbocycles. The third-order valence-corrected chi connectivity index (χ3v) is 5.27. The Labute approximate surface area is 146 Å². The molecule has 0 heterocycles. The predicted octanol–water partition coefficient (Wildman–Crippen LogP) is 3.47. The number of hydrogen-bond donors (Lipinski definition) is 2. The van der Waals surface area contributed by atoms with Gasteiger partial charge in [0.25, 0.3) is 0 Å². The molecule has 2 N–H and O–H groups in total. The molecule has 0 unspecified atom stereocenters. The normalized spacial score (nSPS) is 11.1. The highest BCUT2D eigenvalue weighted by atomic mass is 32.5. The van der Waals surface area contributed by atoms with Gasteiger partial charge < -0.3 is 14.9 Å². The summed E-state index contributed by atoms with van der Waals surface area (Å²) >= 11 is 5.31. The number of aliphatic carboxylic acids is 1. The van der Waals surface area contributed by atoms with Gasteiger partial charge in [0.1, 0.15) is 5.75 Å². The zero-order valence-corrected chi connectivity index (χ0v) is 15.6. The van der Waals surface area contributed by atoms with E-state index in [4.69, 9.17) is 30.5 Å². The number of carbonyl (C=O) groups excluding carboxylic acids is 1. The van der Waals surface area contributed by atoms with Crippen LogP contribution < -0.4 is 9.84 Å². The minimum atomic E-state index is -2.84. The molecule has 1 amide bonds. The Balaban J connectivity index is 2.78. The summed E-state index contributed by atoms with van der Waals surface area (Å²) in [6.45, 7) is 3.34. The molecule has 0 aliphatic carbocycles. The number of carboxylic acids is 1. The smallest absolute Gasteiger partial charge is 0.380 e. The molecule has 0 aliphatic heterocycles. The molecule has 0 radical (unpaired) electrons. The van der Waals surface area contributed by atoms with Gasteiger partial charge in [-0.15, -0.1) is 0 Å². The lowest BCUT2D eigenvalue weighted by Gasteiger charge is -2.21. The zero-order valence-electron chi connectivity index (χ0n) is 13.9. The number of nitrogens with one attached hydrogen (secondary N) is 1. The summed E-state index contributed by atoms with van der Waals surface area (Å²) in [7, 11) is 0. The van der Waals surface area contributed by atoms with Crippen molar-refractivity contribution >= 4 is 36.1 Å². The average Bonchev–Trinajstić information content (AvgIpc) is 2.48. The summed E-state index contributed by atoms with van der Waals surface area (Å²) in [6, 6.07) is 5.03. The molecule has 1 aromatic carbocycles. The van der Waals surface area contributed by atoms with Gasteiger partial charge >= 0.3 is 12.7 Å². The van der Waals surface area contributed by atoms with Crippen LogP contribution in [0.4, 0.5) is 5.69 Å². The lowest BCUT2D eigenvalue weighted by atomic mass is 10.2. The van der Waals surface area contributed by atoms with E-state index in [0.717, 1.165) is 5.56 Å². The number of anilines is 1. The molecule has 24 heavy (non-hydrogen) atoms. The number of carboxylic acid groups (broad SMARTS) is 1. The van der Waals surface area contributed by atoms with Crippen molar-refractivity contribution in [1.29, 1.82) is 0 Å². The van der Waals surface area contributed by atoms with E-state index in [1.165, 1.54) is 0 Å². The van der Waals surface area contributed by atoms with Crippen LogP contribution in [0, 0.1) is 6.92 Å². The van der Waals surface area contributed by atoms with E-state index in [0.29, 0.717) is 24.7 Å². The molecular weight excluding hydrogens is 353 g/mol. The molecule has 0 aromatic heterocycles. The van der Waals surface area contributed by atoms with E-state index < -0.39 is 12.7 Å². The van der Waals surface area contributed by atoms with Gasteiger partial charge in [0, 0.05) is 23.9 Å². The Morgan fingerprint density at radius 1 is 1.21 bits per heavy atom. The van der Waals surface area contributed by atoms with E-state index in [1.807, 2.05) is 13.8 Å². The van der Waals surface area contributed by atoms with E-state index >= 15 is 0 Å². The second-order valence-corrected chi connectivity index (χ2v) is 7.73. The summed E-state index contributed by atoms with van der Waals surface area (Å²) in [5, 5.41) is 11.3. The quantitative estimate of drug-likeness (QED) is 0.605.